The maximum absolute atomic E-state index is 10.3. The highest BCUT2D eigenvalue weighted by Gasteiger charge is 2.32. The average Bonchev–Trinajstić information content (AvgIpc) is 2.08. The monoisotopic (exact) mass is 175 g/mol. The van der Waals surface area contributed by atoms with E-state index in [1.165, 1.54) is 0 Å². The van der Waals surface area contributed by atoms with E-state index in [9.17, 15) is 4.79 Å². The summed E-state index contributed by atoms with van der Waals surface area (Å²) in [6, 6.07) is 0. The summed E-state index contributed by atoms with van der Waals surface area (Å²) in [6.45, 7) is 5.13. The summed E-state index contributed by atoms with van der Waals surface area (Å²) in [5.74, 6) is -0.729. The van der Waals surface area contributed by atoms with Crippen molar-refractivity contribution in [3.05, 3.63) is 0 Å². The molecule has 1 fully saturated rings. The molecular formula is C7H13NO2S. The van der Waals surface area contributed by atoms with Gasteiger partial charge in [0.15, 0.2) is 0 Å². The summed E-state index contributed by atoms with van der Waals surface area (Å²) < 4.78 is 0.195. The van der Waals surface area contributed by atoms with Crippen molar-refractivity contribution in [1.29, 1.82) is 0 Å². The number of carbonyl (C=O) groups is 1. The molecule has 0 aliphatic carbocycles. The normalized spacial score (nSPS) is 28.7. The first-order chi connectivity index (χ1) is 4.99. The third kappa shape index (κ3) is 2.71. The molecule has 1 unspecified atom stereocenters. The van der Waals surface area contributed by atoms with E-state index in [1.54, 1.807) is 11.8 Å². The topological polar surface area (TPSA) is 49.3 Å². The molecule has 0 saturated carbocycles. The van der Waals surface area contributed by atoms with Gasteiger partial charge in [0, 0.05) is 11.3 Å². The molecule has 3 nitrogen and oxygen atoms in total. The van der Waals surface area contributed by atoms with E-state index >= 15 is 0 Å². The fourth-order valence-electron chi connectivity index (χ4n) is 1.10. The third-order valence-corrected chi connectivity index (χ3v) is 2.98. The number of nitrogens with one attached hydrogen (secondary N) is 1. The van der Waals surface area contributed by atoms with Crippen LogP contribution in [0.15, 0.2) is 0 Å². The van der Waals surface area contributed by atoms with Crippen LogP contribution in [0.4, 0.5) is 0 Å². The van der Waals surface area contributed by atoms with E-state index in [-0.39, 0.29) is 16.5 Å². The molecule has 0 aromatic carbocycles. The van der Waals surface area contributed by atoms with Crippen LogP contribution in [0.25, 0.3) is 0 Å². The van der Waals surface area contributed by atoms with E-state index in [0.717, 1.165) is 6.54 Å². The van der Waals surface area contributed by atoms with E-state index in [4.69, 9.17) is 5.11 Å². The lowest BCUT2D eigenvalue weighted by Gasteiger charge is -2.13. The maximum atomic E-state index is 10.3. The van der Waals surface area contributed by atoms with Crippen LogP contribution in [0.2, 0.25) is 0 Å². The molecule has 1 saturated heterocycles. The molecule has 1 aliphatic rings. The van der Waals surface area contributed by atoms with Crippen molar-refractivity contribution in [2.75, 3.05) is 6.54 Å². The van der Waals surface area contributed by atoms with Crippen LogP contribution in [0.5, 0.6) is 0 Å². The fraction of sp³-hybridized carbons (Fsp3) is 0.857. The Morgan fingerprint density at radius 3 is 2.82 bits per heavy atom. The van der Waals surface area contributed by atoms with Gasteiger partial charge < -0.3 is 10.4 Å². The minimum absolute atomic E-state index is 0.0995. The summed E-state index contributed by atoms with van der Waals surface area (Å²) in [7, 11) is 0. The van der Waals surface area contributed by atoms with E-state index in [1.807, 2.05) is 0 Å². The molecule has 1 aliphatic heterocycles. The highest BCUT2D eigenvalue weighted by Crippen LogP contribution is 2.33. The molecule has 2 N–H and O–H groups in total. The minimum atomic E-state index is -0.729. The molecule has 1 atom stereocenters. The van der Waals surface area contributed by atoms with Gasteiger partial charge in [0.2, 0.25) is 0 Å². The lowest BCUT2D eigenvalue weighted by Crippen LogP contribution is -2.25. The Morgan fingerprint density at radius 2 is 2.45 bits per heavy atom. The van der Waals surface area contributed by atoms with E-state index in [0.29, 0.717) is 0 Å². The van der Waals surface area contributed by atoms with Crippen LogP contribution >= 0.6 is 11.8 Å². The first-order valence-corrected chi connectivity index (χ1v) is 4.50. The number of aliphatic carboxylic acids is 1. The number of rotatable bonds is 2. The van der Waals surface area contributed by atoms with Crippen LogP contribution in [-0.2, 0) is 4.79 Å². The Balaban J connectivity index is 2.36. The Kier molecular flexibility index (Phi) is 2.44. The highest BCUT2D eigenvalue weighted by molar-refractivity contribution is 8.01. The van der Waals surface area contributed by atoms with Crippen LogP contribution in [0.1, 0.15) is 20.3 Å². The molecule has 0 spiro atoms. The quantitative estimate of drug-likeness (QED) is 0.654. The molecule has 0 radical (unpaired) electrons. The highest BCUT2D eigenvalue weighted by atomic mass is 32.2. The average molecular weight is 175 g/mol. The van der Waals surface area contributed by atoms with Crippen molar-refractivity contribution in [2.24, 2.45) is 0 Å². The fourth-order valence-corrected chi connectivity index (χ4v) is 2.43. The summed E-state index contributed by atoms with van der Waals surface area (Å²) in [5, 5.41) is 11.8. The Bertz CT molecular complexity index is 170. The van der Waals surface area contributed by atoms with Gasteiger partial charge in [0.1, 0.15) is 0 Å². The van der Waals surface area contributed by atoms with E-state index in [2.05, 4.69) is 19.2 Å². The molecule has 0 aromatic heterocycles. The first-order valence-electron chi connectivity index (χ1n) is 3.63. The van der Waals surface area contributed by atoms with Crippen LogP contribution in [0.3, 0.4) is 0 Å². The molecule has 1 rings (SSSR count). The molecule has 4 heteroatoms. The summed E-state index contributed by atoms with van der Waals surface area (Å²) >= 11 is 1.70. The van der Waals surface area contributed by atoms with Gasteiger partial charge in [0.05, 0.1) is 11.8 Å². The number of thioether (sulfide) groups is 1. The van der Waals surface area contributed by atoms with Crippen molar-refractivity contribution in [1.82, 2.24) is 5.32 Å². The predicted molar refractivity (Wildman–Crippen MR) is 45.7 cm³/mol. The van der Waals surface area contributed by atoms with Crippen molar-refractivity contribution in [3.63, 3.8) is 0 Å². The lowest BCUT2D eigenvalue weighted by atomic mass is 10.2. The zero-order valence-corrected chi connectivity index (χ0v) is 7.57. The molecule has 0 aromatic rings. The van der Waals surface area contributed by atoms with Gasteiger partial charge in [-0.1, -0.05) is 0 Å². The summed E-state index contributed by atoms with van der Waals surface area (Å²) in [6.07, 6.45) is 0.216. The summed E-state index contributed by atoms with van der Waals surface area (Å²) in [4.78, 5) is 10.3. The molecule has 11 heavy (non-hydrogen) atoms. The first kappa shape index (κ1) is 8.87. The molecule has 64 valence electrons. The van der Waals surface area contributed by atoms with Gasteiger partial charge >= 0.3 is 5.97 Å². The molecule has 1 heterocycles. The zero-order chi connectivity index (χ0) is 8.48. The van der Waals surface area contributed by atoms with Gasteiger partial charge in [0.25, 0.3) is 0 Å². The van der Waals surface area contributed by atoms with Crippen molar-refractivity contribution in [2.45, 2.75) is 30.4 Å². The second-order valence-electron chi connectivity index (χ2n) is 3.34. The predicted octanol–water partition coefficient (Wildman–Crippen LogP) is 0.902. The molecule has 0 amide bonds. The van der Waals surface area contributed by atoms with Crippen LogP contribution < -0.4 is 5.32 Å². The van der Waals surface area contributed by atoms with E-state index < -0.39 is 5.97 Å². The third-order valence-electron chi connectivity index (χ3n) is 1.58. The standard InChI is InChI=1S/C7H13NO2S/c1-7(2)4-8-5(11-7)3-6(9)10/h5,8H,3-4H2,1-2H3,(H,9,10). The van der Waals surface area contributed by atoms with Gasteiger partial charge in [-0.2, -0.15) is 0 Å². The summed E-state index contributed by atoms with van der Waals surface area (Å²) in [5.41, 5.74) is 0. The second kappa shape index (κ2) is 3.03. The number of carboxylic acids is 1. The van der Waals surface area contributed by atoms with Gasteiger partial charge in [-0.25, -0.2) is 0 Å². The molecular weight excluding hydrogens is 162 g/mol. The lowest BCUT2D eigenvalue weighted by molar-refractivity contribution is -0.137. The van der Waals surface area contributed by atoms with Gasteiger partial charge in [-0.3, -0.25) is 4.79 Å². The maximum Gasteiger partial charge on any atom is 0.305 e. The smallest absolute Gasteiger partial charge is 0.305 e. The van der Waals surface area contributed by atoms with Crippen LogP contribution in [-0.4, -0.2) is 27.7 Å². The minimum Gasteiger partial charge on any atom is -0.481 e. The Morgan fingerprint density at radius 1 is 1.82 bits per heavy atom. The Labute approximate surface area is 70.6 Å². The number of hydrogen-bond acceptors (Lipinski definition) is 3. The SMILES string of the molecule is CC1(C)CNC(CC(=O)O)S1. The molecule has 0 bridgehead atoms. The van der Waals surface area contributed by atoms with Crippen molar-refractivity contribution < 1.29 is 9.90 Å². The van der Waals surface area contributed by atoms with Gasteiger partial charge in [-0.15, -0.1) is 11.8 Å². The van der Waals surface area contributed by atoms with Gasteiger partial charge in [-0.05, 0) is 13.8 Å². The Hall–Kier alpha value is -0.220. The largest absolute Gasteiger partial charge is 0.481 e. The van der Waals surface area contributed by atoms with Crippen LogP contribution in [0, 0.1) is 0 Å². The van der Waals surface area contributed by atoms with Crippen molar-refractivity contribution in [3.8, 4) is 0 Å². The number of carboxylic acid groups (broad SMARTS) is 1. The zero-order valence-electron chi connectivity index (χ0n) is 6.76. The van der Waals surface area contributed by atoms with Crippen molar-refractivity contribution >= 4 is 17.7 Å². The number of hydrogen-bond donors (Lipinski definition) is 2. The second-order valence-corrected chi connectivity index (χ2v) is 5.25.